The van der Waals surface area contributed by atoms with Gasteiger partial charge in [-0.25, -0.2) is 18.1 Å². The van der Waals surface area contributed by atoms with E-state index in [0.717, 1.165) is 31.4 Å². The van der Waals surface area contributed by atoms with Crippen LogP contribution < -0.4 is 10.0 Å². The number of nitrogens with zero attached hydrogens (tertiary/aromatic N) is 1. The lowest BCUT2D eigenvalue weighted by Crippen LogP contribution is -2.19. The highest BCUT2D eigenvalue weighted by Crippen LogP contribution is 2.29. The topological polar surface area (TPSA) is 88.2 Å². The summed E-state index contributed by atoms with van der Waals surface area (Å²) in [6.45, 7) is 0. The summed E-state index contributed by atoms with van der Waals surface area (Å²) in [5, 5.41) is 3.36. The van der Waals surface area contributed by atoms with Crippen LogP contribution in [0.1, 0.15) is 40.2 Å². The third-order valence-corrected chi connectivity index (χ3v) is 6.48. The molecule has 128 valence electrons. The Morgan fingerprint density at radius 2 is 2.00 bits per heavy atom. The molecular weight excluding hydrogens is 346 g/mol. The molecule has 1 aliphatic rings. The van der Waals surface area contributed by atoms with E-state index >= 15 is 0 Å². The second-order valence-corrected chi connectivity index (χ2v) is 8.61. The van der Waals surface area contributed by atoms with E-state index in [1.54, 1.807) is 12.1 Å². The van der Waals surface area contributed by atoms with E-state index in [2.05, 4.69) is 15.0 Å². The first kappa shape index (κ1) is 17.1. The Bertz CT molecular complexity index is 836. The summed E-state index contributed by atoms with van der Waals surface area (Å²) in [6, 6.07) is 5.95. The van der Waals surface area contributed by atoms with E-state index in [1.165, 1.54) is 41.8 Å². The third kappa shape index (κ3) is 3.66. The summed E-state index contributed by atoms with van der Waals surface area (Å²) in [6.07, 6.45) is 5.48. The summed E-state index contributed by atoms with van der Waals surface area (Å²) in [5.41, 5.74) is 1.37. The second-order valence-electron chi connectivity index (χ2n) is 5.64. The van der Waals surface area contributed by atoms with Crippen molar-refractivity contribution in [2.24, 2.45) is 0 Å². The fourth-order valence-electron chi connectivity index (χ4n) is 2.67. The van der Waals surface area contributed by atoms with Crippen LogP contribution in [0.4, 0.5) is 5.13 Å². The van der Waals surface area contributed by atoms with Gasteiger partial charge in [0, 0.05) is 10.4 Å². The van der Waals surface area contributed by atoms with Crippen LogP contribution in [0, 0.1) is 0 Å². The summed E-state index contributed by atoms with van der Waals surface area (Å²) < 4.78 is 25.9. The number of aromatic nitrogens is 1. The van der Waals surface area contributed by atoms with Crippen molar-refractivity contribution in [3.63, 3.8) is 0 Å². The normalized spacial score (nSPS) is 14.7. The van der Waals surface area contributed by atoms with Crippen molar-refractivity contribution in [1.29, 1.82) is 0 Å². The molecule has 0 fully saturated rings. The predicted molar refractivity (Wildman–Crippen MR) is 94.0 cm³/mol. The number of fused-ring (bicyclic) bond motifs is 1. The van der Waals surface area contributed by atoms with Crippen molar-refractivity contribution in [2.75, 3.05) is 12.4 Å². The van der Waals surface area contributed by atoms with E-state index in [1.807, 2.05) is 0 Å². The molecule has 1 heterocycles. The average molecular weight is 365 g/mol. The third-order valence-electron chi connectivity index (χ3n) is 3.99. The molecule has 8 heteroatoms. The molecule has 0 atom stereocenters. The Balaban J connectivity index is 1.79. The summed E-state index contributed by atoms with van der Waals surface area (Å²) >= 11 is 1.51. The Morgan fingerprint density at radius 1 is 1.21 bits per heavy atom. The molecule has 0 saturated carbocycles. The number of anilines is 1. The van der Waals surface area contributed by atoms with E-state index in [4.69, 9.17) is 0 Å². The van der Waals surface area contributed by atoms with Gasteiger partial charge >= 0.3 is 0 Å². The van der Waals surface area contributed by atoms with Crippen LogP contribution in [0.25, 0.3) is 0 Å². The monoisotopic (exact) mass is 365 g/mol. The Hall–Kier alpha value is -1.77. The van der Waals surface area contributed by atoms with Gasteiger partial charge in [-0.15, -0.1) is 11.3 Å². The molecule has 1 aromatic heterocycles. The van der Waals surface area contributed by atoms with Gasteiger partial charge in [-0.1, -0.05) is 12.5 Å². The number of benzene rings is 1. The highest BCUT2D eigenvalue weighted by Gasteiger charge is 2.18. The van der Waals surface area contributed by atoms with Crippen LogP contribution in [-0.4, -0.2) is 26.4 Å². The first-order valence-electron chi connectivity index (χ1n) is 7.83. The lowest BCUT2D eigenvalue weighted by Gasteiger charge is -2.05. The minimum Gasteiger partial charge on any atom is -0.298 e. The van der Waals surface area contributed by atoms with E-state index in [-0.39, 0.29) is 16.4 Å². The van der Waals surface area contributed by atoms with Gasteiger partial charge in [0.2, 0.25) is 10.0 Å². The number of hydrogen-bond donors (Lipinski definition) is 2. The average Bonchev–Trinajstić information content (AvgIpc) is 2.83. The first-order chi connectivity index (χ1) is 11.5. The molecule has 2 aromatic rings. The van der Waals surface area contributed by atoms with Gasteiger partial charge in [0.05, 0.1) is 10.6 Å². The summed E-state index contributed by atoms with van der Waals surface area (Å²) in [7, 11) is -2.24. The molecule has 3 rings (SSSR count). The smallest absolute Gasteiger partial charge is 0.257 e. The van der Waals surface area contributed by atoms with Gasteiger partial charge in [-0.05, 0) is 50.9 Å². The second kappa shape index (κ2) is 7.00. The SMILES string of the molecule is CNS(=O)(=O)c1cccc(C(=O)Nc2nc3c(s2)CCCCC3)c1. The zero-order valence-electron chi connectivity index (χ0n) is 13.3. The lowest BCUT2D eigenvalue weighted by atomic mass is 10.2. The van der Waals surface area contributed by atoms with Crippen molar-refractivity contribution in [3.8, 4) is 0 Å². The molecule has 24 heavy (non-hydrogen) atoms. The van der Waals surface area contributed by atoms with Crippen molar-refractivity contribution >= 4 is 32.4 Å². The number of carbonyl (C=O) groups is 1. The number of hydrogen-bond acceptors (Lipinski definition) is 5. The summed E-state index contributed by atoms with van der Waals surface area (Å²) in [5.74, 6) is -0.355. The highest BCUT2D eigenvalue weighted by molar-refractivity contribution is 7.89. The lowest BCUT2D eigenvalue weighted by molar-refractivity contribution is 0.102. The molecule has 0 aliphatic heterocycles. The predicted octanol–water partition coefficient (Wildman–Crippen LogP) is 2.57. The van der Waals surface area contributed by atoms with Crippen LogP contribution in [0.15, 0.2) is 29.2 Å². The molecule has 1 aromatic carbocycles. The number of thiazole rings is 1. The largest absolute Gasteiger partial charge is 0.298 e. The maximum Gasteiger partial charge on any atom is 0.257 e. The van der Waals surface area contributed by atoms with Crippen LogP contribution in [-0.2, 0) is 22.9 Å². The van der Waals surface area contributed by atoms with E-state index in [0.29, 0.717) is 5.13 Å². The Labute approximate surface area is 145 Å². The van der Waals surface area contributed by atoms with E-state index in [9.17, 15) is 13.2 Å². The fraction of sp³-hybridized carbons (Fsp3) is 0.375. The fourth-order valence-corrected chi connectivity index (χ4v) is 4.49. The molecule has 1 amide bonds. The molecule has 0 unspecified atom stereocenters. The maximum absolute atomic E-state index is 12.4. The first-order valence-corrected chi connectivity index (χ1v) is 10.1. The molecule has 0 bridgehead atoms. The quantitative estimate of drug-likeness (QED) is 0.815. The molecule has 0 radical (unpaired) electrons. The van der Waals surface area contributed by atoms with Gasteiger partial charge in [0.15, 0.2) is 5.13 Å². The number of amides is 1. The maximum atomic E-state index is 12.4. The van der Waals surface area contributed by atoms with Crippen LogP contribution >= 0.6 is 11.3 Å². The molecule has 0 spiro atoms. The van der Waals surface area contributed by atoms with Gasteiger partial charge in [-0.2, -0.15) is 0 Å². The van der Waals surface area contributed by atoms with Gasteiger partial charge in [0.25, 0.3) is 5.91 Å². The van der Waals surface area contributed by atoms with Crippen LogP contribution in [0.3, 0.4) is 0 Å². The molecule has 0 saturated heterocycles. The highest BCUT2D eigenvalue weighted by atomic mass is 32.2. The Morgan fingerprint density at radius 3 is 2.79 bits per heavy atom. The van der Waals surface area contributed by atoms with Crippen molar-refractivity contribution in [1.82, 2.24) is 9.71 Å². The van der Waals surface area contributed by atoms with Crippen LogP contribution in [0.2, 0.25) is 0 Å². The van der Waals surface area contributed by atoms with Crippen molar-refractivity contribution < 1.29 is 13.2 Å². The molecule has 1 aliphatic carbocycles. The molecular formula is C16H19N3O3S2. The Kier molecular flexibility index (Phi) is 4.98. The number of nitrogens with one attached hydrogen (secondary N) is 2. The van der Waals surface area contributed by atoms with Crippen molar-refractivity contribution in [2.45, 2.75) is 37.0 Å². The van der Waals surface area contributed by atoms with E-state index < -0.39 is 10.0 Å². The number of aryl methyl sites for hydroxylation is 2. The van der Waals surface area contributed by atoms with Gasteiger partial charge < -0.3 is 0 Å². The number of rotatable bonds is 4. The molecule has 2 N–H and O–H groups in total. The standard InChI is InChI=1S/C16H19N3O3S2/c1-17-24(21,22)12-7-5-6-11(10-12)15(20)19-16-18-13-8-3-2-4-9-14(13)23-16/h5-7,10,17H,2-4,8-9H2,1H3,(H,18,19,20). The van der Waals surface area contributed by atoms with Crippen LogP contribution in [0.5, 0.6) is 0 Å². The zero-order chi connectivity index (χ0) is 17.2. The van der Waals surface area contributed by atoms with Gasteiger partial charge in [0.1, 0.15) is 0 Å². The number of carbonyl (C=O) groups excluding carboxylic acids is 1. The number of sulfonamides is 1. The summed E-state index contributed by atoms with van der Waals surface area (Å²) in [4.78, 5) is 18.2. The van der Waals surface area contributed by atoms with Crippen molar-refractivity contribution in [3.05, 3.63) is 40.4 Å². The minimum atomic E-state index is -3.58. The molecule has 6 nitrogen and oxygen atoms in total. The zero-order valence-corrected chi connectivity index (χ0v) is 15.0. The van der Waals surface area contributed by atoms with Gasteiger partial charge in [-0.3, -0.25) is 10.1 Å². The minimum absolute atomic E-state index is 0.0626.